The highest BCUT2D eigenvalue weighted by Crippen LogP contribution is 2.37. The second kappa shape index (κ2) is 3.90. The number of carbonyl (C=O) groups excluding carboxylic acids is 3. The molecule has 0 atom stereocenters. The Labute approximate surface area is 113 Å². The van der Waals surface area contributed by atoms with E-state index in [4.69, 9.17) is 0 Å². The van der Waals surface area contributed by atoms with Crippen molar-refractivity contribution in [1.82, 2.24) is 0 Å². The summed E-state index contributed by atoms with van der Waals surface area (Å²) in [7, 11) is 0. The molecule has 1 aromatic carbocycles. The molecule has 2 aliphatic rings. The number of hydrogen-bond donors (Lipinski definition) is 2. The second-order valence-corrected chi connectivity index (χ2v) is 4.89. The van der Waals surface area contributed by atoms with Crippen molar-refractivity contribution in [3.63, 3.8) is 0 Å². The summed E-state index contributed by atoms with van der Waals surface area (Å²) >= 11 is 0. The highest BCUT2D eigenvalue weighted by atomic mass is 16.3. The minimum absolute atomic E-state index is 0.00231. The highest BCUT2D eigenvalue weighted by molar-refractivity contribution is 6.31. The minimum Gasteiger partial charge on any atom is -0.507 e. The van der Waals surface area contributed by atoms with Gasteiger partial charge in [0.25, 0.3) is 0 Å². The number of benzene rings is 1. The first kappa shape index (κ1) is 12.3. The van der Waals surface area contributed by atoms with Crippen molar-refractivity contribution >= 4 is 17.3 Å². The Kier molecular flexibility index (Phi) is 2.41. The summed E-state index contributed by atoms with van der Waals surface area (Å²) < 4.78 is 0. The van der Waals surface area contributed by atoms with Crippen LogP contribution in [-0.4, -0.2) is 27.6 Å². The number of hydrogen-bond acceptors (Lipinski definition) is 5. The largest absolute Gasteiger partial charge is 0.507 e. The van der Waals surface area contributed by atoms with Gasteiger partial charge in [0.15, 0.2) is 11.6 Å². The summed E-state index contributed by atoms with van der Waals surface area (Å²) in [6.45, 7) is 1.69. The number of phenols is 1. The molecule has 0 saturated carbocycles. The number of rotatable bonds is 0. The molecule has 0 heterocycles. The van der Waals surface area contributed by atoms with Gasteiger partial charge in [-0.25, -0.2) is 0 Å². The lowest BCUT2D eigenvalue weighted by atomic mass is 9.78. The van der Waals surface area contributed by atoms with Crippen molar-refractivity contribution < 1.29 is 24.6 Å². The van der Waals surface area contributed by atoms with Crippen LogP contribution in [0.1, 0.15) is 32.7 Å². The molecule has 1 aromatic rings. The fourth-order valence-electron chi connectivity index (χ4n) is 2.61. The summed E-state index contributed by atoms with van der Waals surface area (Å²) in [4.78, 5) is 36.2. The molecule has 0 radical (unpaired) electrons. The molecule has 5 heteroatoms. The van der Waals surface area contributed by atoms with Gasteiger partial charge >= 0.3 is 0 Å². The smallest absolute Gasteiger partial charge is 0.201 e. The monoisotopic (exact) mass is 270 g/mol. The Morgan fingerprint density at radius 2 is 1.75 bits per heavy atom. The Morgan fingerprint density at radius 3 is 2.45 bits per heavy atom. The van der Waals surface area contributed by atoms with Crippen molar-refractivity contribution in [3.8, 4) is 5.75 Å². The normalized spacial score (nSPS) is 17.9. The first-order valence-electron chi connectivity index (χ1n) is 6.00. The zero-order valence-corrected chi connectivity index (χ0v) is 10.6. The second-order valence-electron chi connectivity index (χ2n) is 4.89. The number of aryl methyl sites for hydroxylation is 1. The van der Waals surface area contributed by atoms with Crippen LogP contribution in [0, 0.1) is 6.92 Å². The molecule has 2 N–H and O–H groups in total. The molecule has 3 rings (SSSR count). The highest BCUT2D eigenvalue weighted by Gasteiger charge is 2.38. The molecule has 20 heavy (non-hydrogen) atoms. The van der Waals surface area contributed by atoms with Gasteiger partial charge in [-0.05, 0) is 24.6 Å². The van der Waals surface area contributed by atoms with Crippen LogP contribution < -0.4 is 0 Å². The average molecular weight is 270 g/mol. The molecule has 0 saturated heterocycles. The first-order valence-corrected chi connectivity index (χ1v) is 6.00. The average Bonchev–Trinajstić information content (AvgIpc) is 2.34. The summed E-state index contributed by atoms with van der Waals surface area (Å²) in [5.74, 6) is -2.37. The molecule has 0 spiro atoms. The molecule has 2 aliphatic carbocycles. The van der Waals surface area contributed by atoms with E-state index in [0.717, 1.165) is 6.08 Å². The Bertz CT molecular complexity index is 765. The lowest BCUT2D eigenvalue weighted by molar-refractivity contribution is -0.114. The van der Waals surface area contributed by atoms with Gasteiger partial charge in [-0.2, -0.15) is 0 Å². The van der Waals surface area contributed by atoms with E-state index in [1.165, 1.54) is 12.1 Å². The van der Waals surface area contributed by atoms with Gasteiger partial charge in [0, 0.05) is 23.6 Å². The molecule has 0 fully saturated rings. The predicted molar refractivity (Wildman–Crippen MR) is 68.9 cm³/mol. The Hall–Kier alpha value is -2.69. The summed E-state index contributed by atoms with van der Waals surface area (Å²) in [5, 5.41) is 19.7. The van der Waals surface area contributed by atoms with Crippen molar-refractivity contribution in [1.29, 1.82) is 0 Å². The summed E-state index contributed by atoms with van der Waals surface area (Å²) in [6.07, 6.45) is 0.721. The number of aliphatic hydroxyl groups is 1. The summed E-state index contributed by atoms with van der Waals surface area (Å²) in [5.41, 5.74) is 0.412. The van der Waals surface area contributed by atoms with Gasteiger partial charge in [0.05, 0.1) is 11.1 Å². The fourth-order valence-corrected chi connectivity index (χ4v) is 2.61. The van der Waals surface area contributed by atoms with E-state index in [-0.39, 0.29) is 34.4 Å². The number of aliphatic hydroxyl groups excluding tert-OH is 1. The van der Waals surface area contributed by atoms with Gasteiger partial charge in [0.1, 0.15) is 11.5 Å². The maximum Gasteiger partial charge on any atom is 0.201 e. The number of allylic oxidation sites excluding steroid dienone is 3. The predicted octanol–water partition coefficient (Wildman–Crippen LogP) is 1.79. The molecule has 0 bridgehead atoms. The van der Waals surface area contributed by atoms with Crippen molar-refractivity contribution in [2.75, 3.05) is 0 Å². The van der Waals surface area contributed by atoms with Crippen LogP contribution in [0.2, 0.25) is 0 Å². The minimum atomic E-state index is -0.631. The van der Waals surface area contributed by atoms with Crippen LogP contribution in [0.4, 0.5) is 0 Å². The zero-order valence-electron chi connectivity index (χ0n) is 10.6. The molecule has 0 unspecified atom stereocenters. The van der Waals surface area contributed by atoms with Crippen LogP contribution in [0.5, 0.6) is 5.75 Å². The quantitative estimate of drug-likeness (QED) is 0.749. The number of fused-ring (bicyclic) bond motifs is 1. The van der Waals surface area contributed by atoms with Crippen molar-refractivity contribution in [2.24, 2.45) is 0 Å². The van der Waals surface area contributed by atoms with E-state index in [0.29, 0.717) is 5.56 Å². The number of phenolic OH excluding ortho intramolecular Hbond substituents is 1. The van der Waals surface area contributed by atoms with Crippen LogP contribution in [0.25, 0.3) is 0 Å². The fraction of sp³-hybridized carbons (Fsp3) is 0.133. The topological polar surface area (TPSA) is 91.7 Å². The van der Waals surface area contributed by atoms with E-state index in [9.17, 15) is 24.6 Å². The Morgan fingerprint density at radius 1 is 1.05 bits per heavy atom. The third-order valence-corrected chi connectivity index (χ3v) is 3.44. The van der Waals surface area contributed by atoms with Gasteiger partial charge in [-0.1, -0.05) is 0 Å². The first-order chi connectivity index (χ1) is 9.40. The lowest BCUT2D eigenvalue weighted by Gasteiger charge is -2.23. The zero-order chi connectivity index (χ0) is 14.6. The van der Waals surface area contributed by atoms with E-state index in [1.807, 2.05) is 0 Å². The Balaban J connectivity index is 2.31. The number of ketones is 3. The standard InChI is InChI=1S/C15H10O5/c1-6-2-8-12(10(17)3-6)15(20)13-9(14(8)19)4-7(16)5-11(13)18/h2-3,5,17-18H,4H2,1H3. The van der Waals surface area contributed by atoms with Crippen molar-refractivity contribution in [3.05, 3.63) is 51.8 Å². The van der Waals surface area contributed by atoms with Crippen molar-refractivity contribution in [2.45, 2.75) is 13.3 Å². The van der Waals surface area contributed by atoms with Gasteiger partial charge < -0.3 is 10.2 Å². The van der Waals surface area contributed by atoms with Crippen LogP contribution in [0.3, 0.4) is 0 Å². The van der Waals surface area contributed by atoms with Gasteiger partial charge in [-0.3, -0.25) is 14.4 Å². The van der Waals surface area contributed by atoms with Crippen LogP contribution in [-0.2, 0) is 4.79 Å². The molecule has 100 valence electrons. The lowest BCUT2D eigenvalue weighted by Crippen LogP contribution is -2.27. The SMILES string of the molecule is Cc1cc(O)c2c(c1)C(=O)C1=C(C2=O)C(O)=CC(=O)C1. The molecule has 5 nitrogen and oxygen atoms in total. The van der Waals surface area contributed by atoms with E-state index in [2.05, 4.69) is 0 Å². The van der Waals surface area contributed by atoms with E-state index < -0.39 is 23.1 Å². The summed E-state index contributed by atoms with van der Waals surface area (Å²) in [6, 6.07) is 2.88. The molecular formula is C15H10O5. The van der Waals surface area contributed by atoms with E-state index in [1.54, 1.807) is 6.92 Å². The third-order valence-electron chi connectivity index (χ3n) is 3.44. The maximum atomic E-state index is 12.4. The van der Waals surface area contributed by atoms with Gasteiger partial charge in [0.2, 0.25) is 5.78 Å². The maximum absolute atomic E-state index is 12.4. The van der Waals surface area contributed by atoms with Gasteiger partial charge in [-0.15, -0.1) is 0 Å². The van der Waals surface area contributed by atoms with Crippen LogP contribution >= 0.6 is 0 Å². The van der Waals surface area contributed by atoms with Crippen LogP contribution in [0.15, 0.2) is 35.1 Å². The molecule has 0 aliphatic heterocycles. The molecule has 0 aromatic heterocycles. The number of carbonyl (C=O) groups is 3. The van der Waals surface area contributed by atoms with E-state index >= 15 is 0 Å². The number of Topliss-reactive ketones (excluding diaryl/α,β-unsaturated/α-hetero) is 2. The number of aromatic hydroxyl groups is 1. The molecule has 0 amide bonds. The molecular weight excluding hydrogens is 260 g/mol. The third kappa shape index (κ3) is 1.53.